The molecule has 1 saturated carbocycles. The van der Waals surface area contributed by atoms with Crippen LogP contribution in [0.2, 0.25) is 6.82 Å². The van der Waals surface area contributed by atoms with Gasteiger partial charge < -0.3 is 10.6 Å². The molecule has 1 aliphatic rings. The van der Waals surface area contributed by atoms with E-state index in [0.29, 0.717) is 5.95 Å². The van der Waals surface area contributed by atoms with Gasteiger partial charge in [0.2, 0.25) is 5.95 Å². The first-order valence-corrected chi connectivity index (χ1v) is 8.69. The first-order chi connectivity index (χ1) is 12.0. The highest BCUT2D eigenvalue weighted by molar-refractivity contribution is 6.53. The van der Waals surface area contributed by atoms with Crippen molar-refractivity contribution in [3.05, 3.63) is 60.0 Å². The van der Waals surface area contributed by atoms with Gasteiger partial charge in [0.1, 0.15) is 5.82 Å². The average Bonchev–Trinajstić information content (AvgIpc) is 3.42. The molecule has 0 atom stereocenters. The predicted molar refractivity (Wildman–Crippen MR) is 107 cm³/mol. The molecule has 0 spiro atoms. The average molecular weight is 331 g/mol. The van der Waals surface area contributed by atoms with Crippen LogP contribution in [0.25, 0.3) is 0 Å². The molecule has 0 unspecified atom stereocenters. The summed E-state index contributed by atoms with van der Waals surface area (Å²) in [4.78, 5) is 9.01. The zero-order chi connectivity index (χ0) is 17.8. The largest absolute Gasteiger partial charge is 0.341 e. The summed E-state index contributed by atoms with van der Waals surface area (Å²) in [6.07, 6.45) is 6.52. The summed E-state index contributed by atoms with van der Waals surface area (Å²) in [5.74, 6) is 2.06. The van der Waals surface area contributed by atoms with Crippen LogP contribution in [0.4, 0.5) is 17.5 Å². The van der Waals surface area contributed by atoms with Crippen LogP contribution < -0.4 is 16.1 Å². The standard InChI is InChI=1S/C20H24BN4/c1-13-5-9-17(10-6-13)24-20-22-12-18(21-4)19(25-20)23-15(3)11-14(2)16-7-8-16/h5-6,9-12,16H,3,7-8H2,1-2,4H3,(H2,22,23,24,25)/b14-11+. The number of hydrogen-bond acceptors (Lipinski definition) is 4. The van der Waals surface area contributed by atoms with Gasteiger partial charge in [0.25, 0.3) is 0 Å². The predicted octanol–water partition coefficient (Wildman–Crippen LogP) is 4.19. The summed E-state index contributed by atoms with van der Waals surface area (Å²) in [5, 5.41) is 6.56. The maximum Gasteiger partial charge on any atom is 0.229 e. The van der Waals surface area contributed by atoms with E-state index in [-0.39, 0.29) is 0 Å². The molecule has 5 heteroatoms. The van der Waals surface area contributed by atoms with Crippen molar-refractivity contribution < 1.29 is 0 Å². The van der Waals surface area contributed by atoms with Crippen LogP contribution in [0.5, 0.6) is 0 Å². The first kappa shape index (κ1) is 17.3. The summed E-state index contributed by atoms with van der Waals surface area (Å²) >= 11 is 0. The van der Waals surface area contributed by atoms with Gasteiger partial charge in [-0.1, -0.05) is 36.7 Å². The molecule has 4 nitrogen and oxygen atoms in total. The Hall–Kier alpha value is -2.56. The van der Waals surface area contributed by atoms with Crippen molar-refractivity contribution in [2.45, 2.75) is 33.5 Å². The van der Waals surface area contributed by atoms with E-state index in [0.717, 1.165) is 28.6 Å². The lowest BCUT2D eigenvalue weighted by molar-refractivity contribution is 1.00. The molecular formula is C20H24BN4. The molecule has 0 aliphatic heterocycles. The number of rotatable bonds is 7. The zero-order valence-corrected chi connectivity index (χ0v) is 15.1. The molecule has 1 heterocycles. The van der Waals surface area contributed by atoms with E-state index in [4.69, 9.17) is 0 Å². The molecule has 1 aromatic carbocycles. The SMILES string of the molecule is C=C(/C=C(\C)C1CC1)Nc1nc(Nc2ccc(C)cc2)ncc1[B]C. The van der Waals surface area contributed by atoms with E-state index >= 15 is 0 Å². The summed E-state index contributed by atoms with van der Waals surface area (Å²) in [7, 11) is 1.99. The Morgan fingerprint density at radius 1 is 1.28 bits per heavy atom. The number of aromatic nitrogens is 2. The minimum absolute atomic E-state index is 0.563. The molecule has 0 bridgehead atoms. The van der Waals surface area contributed by atoms with Crippen LogP contribution in [0.15, 0.2) is 54.4 Å². The molecule has 25 heavy (non-hydrogen) atoms. The third-order valence-corrected chi connectivity index (χ3v) is 4.34. The Bertz CT molecular complexity index is 792. The van der Waals surface area contributed by atoms with Crippen molar-refractivity contribution in [2.24, 2.45) is 5.92 Å². The number of nitrogens with one attached hydrogen (secondary N) is 2. The Labute approximate surface area is 150 Å². The minimum atomic E-state index is 0.563. The van der Waals surface area contributed by atoms with E-state index in [1.165, 1.54) is 24.0 Å². The lowest BCUT2D eigenvalue weighted by Crippen LogP contribution is -2.20. The molecule has 2 aromatic rings. The van der Waals surface area contributed by atoms with Crippen molar-refractivity contribution in [1.82, 2.24) is 9.97 Å². The Balaban J connectivity index is 1.76. The van der Waals surface area contributed by atoms with E-state index in [1.54, 1.807) is 0 Å². The van der Waals surface area contributed by atoms with Crippen LogP contribution in [0.1, 0.15) is 25.3 Å². The van der Waals surface area contributed by atoms with Gasteiger partial charge >= 0.3 is 0 Å². The van der Waals surface area contributed by atoms with Crippen LogP contribution in [-0.4, -0.2) is 17.2 Å². The van der Waals surface area contributed by atoms with Gasteiger partial charge in [0, 0.05) is 17.6 Å². The van der Waals surface area contributed by atoms with E-state index in [1.807, 2.05) is 32.4 Å². The fourth-order valence-corrected chi connectivity index (χ4v) is 2.65. The van der Waals surface area contributed by atoms with Gasteiger partial charge in [-0.15, -0.1) is 0 Å². The highest BCUT2D eigenvalue weighted by atomic mass is 15.1. The van der Waals surface area contributed by atoms with Crippen LogP contribution >= 0.6 is 0 Å². The molecule has 1 radical (unpaired) electrons. The fraction of sp³-hybridized carbons (Fsp3) is 0.300. The second-order valence-corrected chi connectivity index (χ2v) is 6.59. The van der Waals surface area contributed by atoms with Crippen molar-refractivity contribution >= 4 is 30.2 Å². The van der Waals surface area contributed by atoms with Crippen molar-refractivity contribution in [3.8, 4) is 0 Å². The Kier molecular flexibility index (Phi) is 5.22. The maximum atomic E-state index is 4.61. The fourth-order valence-electron chi connectivity index (χ4n) is 2.65. The number of anilines is 3. The van der Waals surface area contributed by atoms with Gasteiger partial charge in [-0.25, -0.2) is 4.98 Å². The Morgan fingerprint density at radius 2 is 2.00 bits per heavy atom. The molecule has 1 fully saturated rings. The van der Waals surface area contributed by atoms with Crippen molar-refractivity contribution in [3.63, 3.8) is 0 Å². The monoisotopic (exact) mass is 331 g/mol. The second-order valence-electron chi connectivity index (χ2n) is 6.59. The third kappa shape index (κ3) is 4.72. The molecule has 2 N–H and O–H groups in total. The Morgan fingerprint density at radius 3 is 2.64 bits per heavy atom. The molecule has 0 saturated heterocycles. The number of nitrogens with zero attached hydrogens (tertiary/aromatic N) is 2. The van der Waals surface area contributed by atoms with E-state index < -0.39 is 0 Å². The smallest absolute Gasteiger partial charge is 0.229 e. The van der Waals surface area contributed by atoms with Gasteiger partial charge in [0.05, 0.1) is 0 Å². The number of aryl methyl sites for hydroxylation is 1. The maximum absolute atomic E-state index is 4.61. The summed E-state index contributed by atoms with van der Waals surface area (Å²) < 4.78 is 0. The quantitative estimate of drug-likeness (QED) is 0.590. The third-order valence-electron chi connectivity index (χ3n) is 4.34. The van der Waals surface area contributed by atoms with Gasteiger partial charge in [0.15, 0.2) is 7.28 Å². The second kappa shape index (κ2) is 7.56. The van der Waals surface area contributed by atoms with Crippen LogP contribution in [0.3, 0.4) is 0 Å². The minimum Gasteiger partial charge on any atom is -0.341 e. The van der Waals surface area contributed by atoms with Crippen LogP contribution in [-0.2, 0) is 0 Å². The lowest BCUT2D eigenvalue weighted by atomic mass is 9.74. The zero-order valence-electron chi connectivity index (χ0n) is 15.1. The topological polar surface area (TPSA) is 49.8 Å². The number of benzene rings is 1. The highest BCUT2D eigenvalue weighted by Crippen LogP contribution is 2.36. The van der Waals surface area contributed by atoms with Gasteiger partial charge in [-0.3, -0.25) is 0 Å². The normalized spacial score (nSPS) is 14.1. The van der Waals surface area contributed by atoms with E-state index in [9.17, 15) is 0 Å². The molecule has 1 aromatic heterocycles. The molecular weight excluding hydrogens is 307 g/mol. The lowest BCUT2D eigenvalue weighted by Gasteiger charge is -2.13. The molecule has 0 amide bonds. The van der Waals surface area contributed by atoms with Crippen molar-refractivity contribution in [2.75, 3.05) is 10.6 Å². The highest BCUT2D eigenvalue weighted by Gasteiger charge is 2.22. The summed E-state index contributed by atoms with van der Waals surface area (Å²) in [6.45, 7) is 10.3. The summed E-state index contributed by atoms with van der Waals surface area (Å²) in [6, 6.07) is 8.16. The molecule has 1 aliphatic carbocycles. The first-order valence-electron chi connectivity index (χ1n) is 8.69. The summed E-state index contributed by atoms with van der Waals surface area (Å²) in [5.41, 5.74) is 5.37. The molecule has 127 valence electrons. The number of allylic oxidation sites excluding steroid dienone is 2. The van der Waals surface area contributed by atoms with Crippen LogP contribution in [0, 0.1) is 12.8 Å². The van der Waals surface area contributed by atoms with Gasteiger partial charge in [-0.2, -0.15) is 4.98 Å². The number of hydrogen-bond donors (Lipinski definition) is 2. The molecule has 3 rings (SSSR count). The van der Waals surface area contributed by atoms with Gasteiger partial charge in [-0.05, 0) is 56.3 Å². The van der Waals surface area contributed by atoms with E-state index in [2.05, 4.69) is 59.2 Å². The van der Waals surface area contributed by atoms with Crippen molar-refractivity contribution in [1.29, 1.82) is 0 Å².